The fourth-order valence-electron chi connectivity index (χ4n) is 4.16. The molecule has 4 rings (SSSR count). The molecule has 1 aliphatic heterocycles. The van der Waals surface area contributed by atoms with Crippen LogP contribution in [0.2, 0.25) is 0 Å². The summed E-state index contributed by atoms with van der Waals surface area (Å²) in [4.78, 5) is 29.9. The van der Waals surface area contributed by atoms with Gasteiger partial charge in [0.2, 0.25) is 11.8 Å². The molecule has 3 heterocycles. The number of pyridine rings is 1. The average molecular weight is 400 g/mol. The molecule has 0 spiro atoms. The molecule has 8 heteroatoms. The molecule has 2 aromatic heterocycles. The monoisotopic (exact) mass is 399 g/mol. The third-order valence-electron chi connectivity index (χ3n) is 5.68. The van der Waals surface area contributed by atoms with Crippen LogP contribution in [0, 0.1) is 5.92 Å². The van der Waals surface area contributed by atoms with Crippen molar-refractivity contribution < 1.29 is 9.59 Å². The molecule has 2 aliphatic rings. The third kappa shape index (κ3) is 3.83. The van der Waals surface area contributed by atoms with E-state index in [-0.39, 0.29) is 17.6 Å². The average Bonchev–Trinajstić information content (AvgIpc) is 3.33. The van der Waals surface area contributed by atoms with Crippen LogP contribution in [0.15, 0.2) is 29.7 Å². The Morgan fingerprint density at radius 2 is 2.11 bits per heavy atom. The minimum atomic E-state index is -0.137. The van der Waals surface area contributed by atoms with Crippen LogP contribution in [0.25, 0.3) is 11.4 Å². The maximum atomic E-state index is 12.5. The summed E-state index contributed by atoms with van der Waals surface area (Å²) in [7, 11) is 0. The van der Waals surface area contributed by atoms with Gasteiger partial charge in [0.15, 0.2) is 11.0 Å². The second-order valence-electron chi connectivity index (χ2n) is 7.58. The number of imide groups is 1. The summed E-state index contributed by atoms with van der Waals surface area (Å²) < 4.78 is 2.20. The van der Waals surface area contributed by atoms with Crippen LogP contribution >= 0.6 is 11.8 Å². The van der Waals surface area contributed by atoms with E-state index in [1.165, 1.54) is 35.9 Å². The van der Waals surface area contributed by atoms with Crippen molar-refractivity contribution in [1.29, 1.82) is 0 Å². The summed E-state index contributed by atoms with van der Waals surface area (Å²) in [5.74, 6) is 1.33. The predicted molar refractivity (Wildman–Crippen MR) is 107 cm³/mol. The van der Waals surface area contributed by atoms with Gasteiger partial charge in [-0.3, -0.25) is 24.0 Å². The number of thioether (sulfide) groups is 1. The molecule has 148 valence electrons. The molecule has 1 saturated carbocycles. The molecular formula is C20H25N5O2S. The smallest absolute Gasteiger partial charge is 0.239 e. The largest absolute Gasteiger partial charge is 0.299 e. The van der Waals surface area contributed by atoms with Crippen molar-refractivity contribution in [3.8, 4) is 11.4 Å². The number of carbonyl (C=O) groups is 2. The van der Waals surface area contributed by atoms with Crippen LogP contribution in [0.4, 0.5) is 0 Å². The number of nitrogens with zero attached hydrogens (tertiary/aromatic N) is 5. The standard InChI is InChI=1S/C20H25N5O2S/c1-14-6-2-3-8-16(14)25-19(15-7-4-10-21-12-15)22-23-20(25)28-13-18(27)24-11-5-9-17(24)26/h4,7,10,12,14,16H,2-3,5-6,8-9,11,13H2,1H3/t14-,16-/m0/s1. The van der Waals surface area contributed by atoms with Gasteiger partial charge in [0.1, 0.15) is 0 Å². The van der Waals surface area contributed by atoms with Crippen molar-refractivity contribution in [1.82, 2.24) is 24.6 Å². The second kappa shape index (κ2) is 8.43. The Kier molecular flexibility index (Phi) is 5.75. The number of aromatic nitrogens is 4. The van der Waals surface area contributed by atoms with Gasteiger partial charge in [-0.25, -0.2) is 0 Å². The fraction of sp³-hybridized carbons (Fsp3) is 0.550. The Labute approximate surface area is 168 Å². The molecule has 2 aromatic rings. The molecular weight excluding hydrogens is 374 g/mol. The van der Waals surface area contributed by atoms with E-state index >= 15 is 0 Å². The van der Waals surface area contributed by atoms with E-state index in [0.717, 1.165) is 29.4 Å². The summed E-state index contributed by atoms with van der Waals surface area (Å²) in [5.41, 5.74) is 0.931. The summed E-state index contributed by atoms with van der Waals surface area (Å²) in [5, 5.41) is 9.61. The van der Waals surface area contributed by atoms with Crippen LogP contribution in [0.5, 0.6) is 0 Å². The number of amides is 2. The lowest BCUT2D eigenvalue weighted by Crippen LogP contribution is -2.33. The van der Waals surface area contributed by atoms with Crippen LogP contribution in [0.3, 0.4) is 0 Å². The van der Waals surface area contributed by atoms with Crippen LogP contribution < -0.4 is 0 Å². The highest BCUT2D eigenvalue weighted by molar-refractivity contribution is 7.99. The highest BCUT2D eigenvalue weighted by Gasteiger charge is 2.30. The zero-order valence-corrected chi connectivity index (χ0v) is 16.9. The third-order valence-corrected chi connectivity index (χ3v) is 6.61. The van der Waals surface area contributed by atoms with Crippen molar-refractivity contribution in [2.45, 2.75) is 56.6 Å². The SMILES string of the molecule is C[C@H]1CCCC[C@@H]1n1c(SCC(=O)N2CCCC2=O)nnc1-c1cccnc1. The molecule has 2 amide bonds. The van der Waals surface area contributed by atoms with Crippen molar-refractivity contribution in [2.75, 3.05) is 12.3 Å². The van der Waals surface area contributed by atoms with Gasteiger partial charge in [-0.2, -0.15) is 0 Å². The number of rotatable bonds is 5. The Morgan fingerprint density at radius 1 is 1.25 bits per heavy atom. The van der Waals surface area contributed by atoms with Crippen molar-refractivity contribution >= 4 is 23.6 Å². The maximum Gasteiger partial charge on any atom is 0.239 e. The predicted octanol–water partition coefficient (Wildman–Crippen LogP) is 3.33. The number of hydrogen-bond acceptors (Lipinski definition) is 6. The van der Waals surface area contributed by atoms with Crippen LogP contribution in [-0.2, 0) is 9.59 Å². The van der Waals surface area contributed by atoms with Gasteiger partial charge in [0.05, 0.1) is 5.75 Å². The number of hydrogen-bond donors (Lipinski definition) is 0. The lowest BCUT2D eigenvalue weighted by molar-refractivity contribution is -0.140. The summed E-state index contributed by atoms with van der Waals surface area (Å²) in [6.45, 7) is 2.81. The van der Waals surface area contributed by atoms with E-state index in [1.54, 1.807) is 12.4 Å². The zero-order chi connectivity index (χ0) is 19.5. The van der Waals surface area contributed by atoms with Gasteiger partial charge in [0.25, 0.3) is 0 Å². The van der Waals surface area contributed by atoms with Gasteiger partial charge in [-0.1, -0.05) is 31.5 Å². The molecule has 2 fully saturated rings. The summed E-state index contributed by atoms with van der Waals surface area (Å²) >= 11 is 1.38. The quantitative estimate of drug-likeness (QED) is 0.718. The fourth-order valence-corrected chi connectivity index (χ4v) is 5.03. The molecule has 1 aliphatic carbocycles. The first kappa shape index (κ1) is 19.1. The van der Waals surface area contributed by atoms with Crippen LogP contribution in [-0.4, -0.2) is 48.8 Å². The van der Waals surface area contributed by atoms with Crippen molar-refractivity contribution in [3.63, 3.8) is 0 Å². The molecule has 0 N–H and O–H groups in total. The van der Waals surface area contributed by atoms with E-state index in [4.69, 9.17) is 0 Å². The molecule has 0 radical (unpaired) electrons. The lowest BCUT2D eigenvalue weighted by Gasteiger charge is -2.31. The topological polar surface area (TPSA) is 81.0 Å². The Morgan fingerprint density at radius 3 is 2.82 bits per heavy atom. The van der Waals surface area contributed by atoms with E-state index < -0.39 is 0 Å². The Balaban J connectivity index is 1.60. The van der Waals surface area contributed by atoms with Gasteiger partial charge >= 0.3 is 0 Å². The summed E-state index contributed by atoms with van der Waals surface area (Å²) in [6.07, 6.45) is 9.48. The minimum absolute atomic E-state index is 0.0657. The molecule has 0 unspecified atom stereocenters. The molecule has 28 heavy (non-hydrogen) atoms. The zero-order valence-electron chi connectivity index (χ0n) is 16.1. The van der Waals surface area contributed by atoms with Crippen molar-refractivity contribution in [3.05, 3.63) is 24.5 Å². The maximum absolute atomic E-state index is 12.5. The first-order chi connectivity index (χ1) is 13.6. The lowest BCUT2D eigenvalue weighted by atomic mass is 9.85. The van der Waals surface area contributed by atoms with Gasteiger partial charge in [-0.05, 0) is 37.3 Å². The number of carbonyl (C=O) groups excluding carboxylic acids is 2. The molecule has 1 saturated heterocycles. The minimum Gasteiger partial charge on any atom is -0.299 e. The first-order valence-electron chi connectivity index (χ1n) is 9.96. The van der Waals surface area contributed by atoms with E-state index in [9.17, 15) is 9.59 Å². The highest BCUT2D eigenvalue weighted by atomic mass is 32.2. The molecule has 7 nitrogen and oxygen atoms in total. The van der Waals surface area contributed by atoms with Gasteiger partial charge < -0.3 is 0 Å². The van der Waals surface area contributed by atoms with E-state index in [1.807, 2.05) is 12.1 Å². The molecule has 0 bridgehead atoms. The Bertz CT molecular complexity index is 854. The van der Waals surface area contributed by atoms with Gasteiger partial charge in [-0.15, -0.1) is 10.2 Å². The Hall–Kier alpha value is -2.22. The number of likely N-dealkylation sites (tertiary alicyclic amines) is 1. The molecule has 0 aromatic carbocycles. The van der Waals surface area contributed by atoms with Gasteiger partial charge in [0, 0.05) is 37.0 Å². The molecule has 2 atom stereocenters. The van der Waals surface area contributed by atoms with E-state index in [2.05, 4.69) is 26.7 Å². The first-order valence-corrected chi connectivity index (χ1v) is 10.9. The summed E-state index contributed by atoms with van der Waals surface area (Å²) in [6, 6.07) is 4.20. The second-order valence-corrected chi connectivity index (χ2v) is 8.52. The normalized spacial score (nSPS) is 22.6. The van der Waals surface area contributed by atoms with E-state index in [0.29, 0.717) is 24.9 Å². The van der Waals surface area contributed by atoms with Crippen LogP contribution in [0.1, 0.15) is 51.5 Å². The highest BCUT2D eigenvalue weighted by Crippen LogP contribution is 2.38. The van der Waals surface area contributed by atoms with Crippen molar-refractivity contribution in [2.24, 2.45) is 5.92 Å².